The molecule has 1 saturated heterocycles. The summed E-state index contributed by atoms with van der Waals surface area (Å²) in [4.78, 5) is 35.0. The lowest BCUT2D eigenvalue weighted by molar-refractivity contribution is -0.165. The Morgan fingerprint density at radius 2 is 1.66 bits per heavy atom. The molecular weight excluding hydrogens is 630 g/mol. The number of rotatable bonds is 7. The van der Waals surface area contributed by atoms with Crippen LogP contribution in [0.2, 0.25) is 0 Å². The van der Waals surface area contributed by atoms with E-state index in [1.165, 1.54) is 11.1 Å². The van der Waals surface area contributed by atoms with E-state index in [2.05, 4.69) is 49.9 Å². The molecule has 0 bridgehead atoms. The minimum absolute atomic E-state index is 0.215. The van der Waals surface area contributed by atoms with Gasteiger partial charge in [0.15, 0.2) is 0 Å². The molecule has 0 spiro atoms. The van der Waals surface area contributed by atoms with Crippen molar-refractivity contribution in [3.8, 4) is 17.0 Å². The molecule has 0 radical (unpaired) electrons. The topological polar surface area (TPSA) is 90.4 Å². The first-order chi connectivity index (χ1) is 23.4. The third-order valence-electron chi connectivity index (χ3n) is 9.29. The maximum Gasteiger partial charge on any atom is 0.410 e. The number of aryl methyl sites for hydroxylation is 1. The highest BCUT2D eigenvalue weighted by molar-refractivity contribution is 5.74. The van der Waals surface area contributed by atoms with Gasteiger partial charge >= 0.3 is 12.1 Å². The monoisotopic (exact) mass is 685 g/mol. The molecule has 2 aliphatic rings. The zero-order valence-corrected chi connectivity index (χ0v) is 31.6. The molecule has 2 aromatic carbocycles. The molecule has 9 nitrogen and oxygen atoms in total. The van der Waals surface area contributed by atoms with Gasteiger partial charge in [-0.05, 0) is 102 Å². The van der Waals surface area contributed by atoms with E-state index in [0.717, 1.165) is 40.4 Å². The Morgan fingerprint density at radius 3 is 2.36 bits per heavy atom. The second-order valence-electron chi connectivity index (χ2n) is 16.3. The zero-order valence-electron chi connectivity index (χ0n) is 31.6. The van der Waals surface area contributed by atoms with Crippen molar-refractivity contribution in [2.45, 2.75) is 104 Å². The van der Waals surface area contributed by atoms with Crippen molar-refractivity contribution in [3.05, 3.63) is 76.9 Å². The van der Waals surface area contributed by atoms with E-state index >= 15 is 0 Å². The molecule has 5 rings (SSSR count). The zero-order chi connectivity index (χ0) is 36.4. The summed E-state index contributed by atoms with van der Waals surface area (Å²) in [5.74, 6) is 1.08. The van der Waals surface area contributed by atoms with E-state index in [-0.39, 0.29) is 29.5 Å². The highest BCUT2D eigenvalue weighted by Gasteiger charge is 2.38. The SMILES string of the molecule is CO[C@H]1CN(c2cccc(-c3cccc(C)c3OCc3ccc4c(c3)C(C)(C)CN(C(=O)OC(C)(C)C)CC4)n2)CC[C@H]1C(=O)OC(C)(C)C. The second kappa shape index (κ2) is 14.6. The molecule has 2 atom stereocenters. The minimum Gasteiger partial charge on any atom is -0.488 e. The van der Waals surface area contributed by atoms with Gasteiger partial charge in [0.05, 0.1) is 17.7 Å². The molecule has 0 N–H and O–H groups in total. The normalized spacial score (nSPS) is 19.3. The third-order valence-corrected chi connectivity index (χ3v) is 9.29. The number of ether oxygens (including phenoxy) is 4. The maximum absolute atomic E-state index is 13.0. The van der Waals surface area contributed by atoms with Crippen LogP contribution in [0.1, 0.15) is 84.1 Å². The van der Waals surface area contributed by atoms with Gasteiger partial charge in [-0.2, -0.15) is 0 Å². The summed E-state index contributed by atoms with van der Waals surface area (Å²) in [6.45, 7) is 20.6. The number of piperidine rings is 1. The number of carbonyl (C=O) groups is 2. The van der Waals surface area contributed by atoms with Gasteiger partial charge < -0.3 is 28.7 Å². The average molecular weight is 686 g/mol. The van der Waals surface area contributed by atoms with Crippen LogP contribution in [0.15, 0.2) is 54.6 Å². The minimum atomic E-state index is -0.545. The van der Waals surface area contributed by atoms with Gasteiger partial charge in [-0.1, -0.05) is 50.2 Å². The summed E-state index contributed by atoms with van der Waals surface area (Å²) in [6, 6.07) is 18.7. The Balaban J connectivity index is 1.32. The Labute approximate surface area is 298 Å². The van der Waals surface area contributed by atoms with E-state index in [1.54, 1.807) is 7.11 Å². The lowest BCUT2D eigenvalue weighted by atomic mass is 9.81. The second-order valence-corrected chi connectivity index (χ2v) is 16.3. The average Bonchev–Trinajstić information content (AvgIpc) is 3.17. The van der Waals surface area contributed by atoms with Gasteiger partial charge in [0.25, 0.3) is 0 Å². The number of amides is 1. The van der Waals surface area contributed by atoms with Gasteiger partial charge in [0.2, 0.25) is 0 Å². The fourth-order valence-corrected chi connectivity index (χ4v) is 6.90. The molecule has 0 unspecified atom stereocenters. The fourth-order valence-electron chi connectivity index (χ4n) is 6.90. The number of hydrogen-bond donors (Lipinski definition) is 0. The number of methoxy groups -OCH3 is 1. The summed E-state index contributed by atoms with van der Waals surface area (Å²) in [6.07, 6.45) is 0.825. The van der Waals surface area contributed by atoms with Crippen molar-refractivity contribution >= 4 is 17.9 Å². The van der Waals surface area contributed by atoms with E-state index < -0.39 is 11.2 Å². The van der Waals surface area contributed by atoms with E-state index in [0.29, 0.717) is 39.2 Å². The smallest absolute Gasteiger partial charge is 0.410 e. The number of nitrogens with zero attached hydrogens (tertiary/aromatic N) is 3. The predicted molar refractivity (Wildman–Crippen MR) is 197 cm³/mol. The maximum atomic E-state index is 13.0. The number of para-hydroxylation sites is 1. The Kier molecular flexibility index (Phi) is 10.9. The van der Waals surface area contributed by atoms with E-state index in [4.69, 9.17) is 23.9 Å². The first-order valence-electron chi connectivity index (χ1n) is 17.7. The summed E-state index contributed by atoms with van der Waals surface area (Å²) < 4.78 is 23.8. The van der Waals surface area contributed by atoms with Crippen LogP contribution in [0.5, 0.6) is 5.75 Å². The van der Waals surface area contributed by atoms with Gasteiger partial charge in [0, 0.05) is 44.3 Å². The van der Waals surface area contributed by atoms with Gasteiger partial charge in [0.1, 0.15) is 29.4 Å². The number of pyridine rings is 1. The molecule has 270 valence electrons. The van der Waals surface area contributed by atoms with Crippen LogP contribution < -0.4 is 9.64 Å². The van der Waals surface area contributed by atoms with Crippen molar-refractivity contribution in [3.63, 3.8) is 0 Å². The molecule has 1 aromatic heterocycles. The number of anilines is 1. The lowest BCUT2D eigenvalue weighted by Crippen LogP contribution is -2.49. The summed E-state index contributed by atoms with van der Waals surface area (Å²) in [5, 5.41) is 0. The molecule has 0 aliphatic carbocycles. The number of fused-ring (bicyclic) bond motifs is 1. The van der Waals surface area contributed by atoms with Gasteiger partial charge in [-0.15, -0.1) is 0 Å². The summed E-state index contributed by atoms with van der Waals surface area (Å²) in [5.41, 5.74) is 4.95. The summed E-state index contributed by atoms with van der Waals surface area (Å²) >= 11 is 0. The molecule has 1 fully saturated rings. The third kappa shape index (κ3) is 8.97. The highest BCUT2D eigenvalue weighted by atomic mass is 16.6. The van der Waals surface area contributed by atoms with Crippen LogP contribution >= 0.6 is 0 Å². The first kappa shape index (κ1) is 37.2. The van der Waals surface area contributed by atoms with Crippen LogP contribution in [0, 0.1) is 12.8 Å². The van der Waals surface area contributed by atoms with Crippen LogP contribution in [0.4, 0.5) is 10.6 Å². The Hall–Kier alpha value is -4.11. The number of hydrogen-bond acceptors (Lipinski definition) is 8. The van der Waals surface area contributed by atoms with Crippen LogP contribution in [-0.2, 0) is 37.4 Å². The largest absolute Gasteiger partial charge is 0.488 e. The van der Waals surface area contributed by atoms with Crippen LogP contribution in [0.25, 0.3) is 11.3 Å². The molecule has 0 saturated carbocycles. The van der Waals surface area contributed by atoms with Crippen molar-refractivity contribution < 1.29 is 28.5 Å². The van der Waals surface area contributed by atoms with Gasteiger partial charge in [-0.25, -0.2) is 9.78 Å². The van der Waals surface area contributed by atoms with Crippen LogP contribution in [0.3, 0.4) is 0 Å². The van der Waals surface area contributed by atoms with E-state index in [1.807, 2.05) is 76.8 Å². The number of esters is 1. The molecule has 9 heteroatoms. The molecular formula is C41H55N3O6. The first-order valence-corrected chi connectivity index (χ1v) is 17.7. The predicted octanol–water partition coefficient (Wildman–Crippen LogP) is 7.89. The van der Waals surface area contributed by atoms with Crippen molar-refractivity contribution in [2.24, 2.45) is 5.92 Å². The van der Waals surface area contributed by atoms with E-state index in [9.17, 15) is 9.59 Å². The van der Waals surface area contributed by atoms with Crippen molar-refractivity contribution in [1.82, 2.24) is 9.88 Å². The number of aromatic nitrogens is 1. The van der Waals surface area contributed by atoms with Crippen molar-refractivity contribution in [2.75, 3.05) is 38.2 Å². The molecule has 2 aliphatic heterocycles. The molecule has 3 heterocycles. The van der Waals surface area contributed by atoms with Crippen molar-refractivity contribution in [1.29, 1.82) is 0 Å². The van der Waals surface area contributed by atoms with Gasteiger partial charge in [-0.3, -0.25) is 4.79 Å². The summed E-state index contributed by atoms with van der Waals surface area (Å²) in [7, 11) is 1.65. The quantitative estimate of drug-likeness (QED) is 0.232. The number of carbonyl (C=O) groups excluding carboxylic acids is 2. The fraction of sp³-hybridized carbons (Fsp3) is 0.537. The molecule has 50 heavy (non-hydrogen) atoms. The molecule has 1 amide bonds. The standard InChI is InChI=1S/C41H55N3O6/c1-27-13-11-14-30(33-15-12-16-35(42-33)43-22-20-31(34(24-43)47-10)37(45)49-39(2,3)4)36(27)48-25-28-17-18-29-19-21-44(38(46)50-40(5,6)7)26-41(8,9)32(29)23-28/h11-18,23,31,34H,19-22,24-26H2,1-10H3/t31-,34+/m1/s1. The van der Waals surface area contributed by atoms with Crippen LogP contribution in [-0.4, -0.2) is 72.5 Å². The molecule has 3 aromatic rings. The number of benzene rings is 2. The Bertz CT molecular complexity index is 1690. The highest BCUT2D eigenvalue weighted by Crippen LogP contribution is 2.36. The Morgan fingerprint density at radius 1 is 0.940 bits per heavy atom. The lowest BCUT2D eigenvalue weighted by Gasteiger charge is -2.38.